The fourth-order valence-electron chi connectivity index (χ4n) is 1.79. The number of hydrogen-bond acceptors (Lipinski definition) is 2. The molecule has 0 saturated carbocycles. The van der Waals surface area contributed by atoms with Crippen molar-refractivity contribution in [3.05, 3.63) is 0 Å². The summed E-state index contributed by atoms with van der Waals surface area (Å²) in [6.45, 7) is 3.45. The molecule has 0 aliphatic carbocycles. The lowest BCUT2D eigenvalue weighted by atomic mass is 9.98. The van der Waals surface area contributed by atoms with Crippen LogP contribution in [0.1, 0.15) is 19.8 Å². The van der Waals surface area contributed by atoms with Gasteiger partial charge >= 0.3 is 6.30 Å². The minimum Gasteiger partial charge on any atom is -0.317 e. The molecule has 0 atom stereocenters. The van der Waals surface area contributed by atoms with E-state index in [0.717, 1.165) is 25.9 Å². The largest absolute Gasteiger partial charge is 0.459 e. The van der Waals surface area contributed by atoms with Crippen molar-refractivity contribution < 1.29 is 13.2 Å². The average molecular weight is 210 g/mol. The van der Waals surface area contributed by atoms with Gasteiger partial charge in [0.05, 0.1) is 0 Å². The van der Waals surface area contributed by atoms with E-state index < -0.39 is 6.30 Å². The third kappa shape index (κ3) is 3.46. The summed E-state index contributed by atoms with van der Waals surface area (Å²) in [5.41, 5.74) is 0. The number of hydrogen-bond donors (Lipinski definition) is 1. The van der Waals surface area contributed by atoms with E-state index in [1.54, 1.807) is 6.92 Å². The van der Waals surface area contributed by atoms with Gasteiger partial charge in [0.25, 0.3) is 0 Å². The molecule has 1 saturated heterocycles. The summed E-state index contributed by atoms with van der Waals surface area (Å²) in [5.74, 6) is 0.192. The average Bonchev–Trinajstić information content (AvgIpc) is 2.14. The lowest BCUT2D eigenvalue weighted by Crippen LogP contribution is -2.43. The second-order valence-electron chi connectivity index (χ2n) is 3.70. The Morgan fingerprint density at radius 2 is 1.86 bits per heavy atom. The van der Waals surface area contributed by atoms with Crippen LogP contribution >= 0.6 is 0 Å². The van der Waals surface area contributed by atoms with Crippen molar-refractivity contribution >= 4 is 0 Å². The van der Waals surface area contributed by atoms with Crippen molar-refractivity contribution in [2.45, 2.75) is 26.1 Å². The molecule has 1 N–H and O–H groups in total. The first-order valence-corrected chi connectivity index (χ1v) is 5.06. The van der Waals surface area contributed by atoms with Gasteiger partial charge in [-0.05, 0) is 31.8 Å². The SMILES string of the molecule is CCN(CC1CCNCC1)C(F)(F)F. The molecule has 1 aliphatic rings. The molecule has 84 valence electrons. The Labute approximate surface area is 82.5 Å². The maximum Gasteiger partial charge on any atom is 0.459 e. The fourth-order valence-corrected chi connectivity index (χ4v) is 1.79. The van der Waals surface area contributed by atoms with Gasteiger partial charge in [-0.15, -0.1) is 0 Å². The number of halogens is 3. The molecule has 1 rings (SSSR count). The fraction of sp³-hybridized carbons (Fsp3) is 1.00. The second kappa shape index (κ2) is 4.98. The van der Waals surface area contributed by atoms with Gasteiger partial charge in [0.1, 0.15) is 0 Å². The van der Waals surface area contributed by atoms with Crippen LogP contribution in [-0.4, -0.2) is 37.4 Å². The molecule has 1 aliphatic heterocycles. The Balaban J connectivity index is 2.39. The number of nitrogens with zero attached hydrogens (tertiary/aromatic N) is 1. The smallest absolute Gasteiger partial charge is 0.317 e. The van der Waals surface area contributed by atoms with Gasteiger partial charge in [-0.1, -0.05) is 6.92 Å². The van der Waals surface area contributed by atoms with Crippen molar-refractivity contribution in [2.75, 3.05) is 26.2 Å². The van der Waals surface area contributed by atoms with Crippen molar-refractivity contribution in [1.29, 1.82) is 0 Å². The van der Waals surface area contributed by atoms with E-state index in [9.17, 15) is 13.2 Å². The van der Waals surface area contributed by atoms with Crippen LogP contribution in [0.2, 0.25) is 0 Å². The second-order valence-corrected chi connectivity index (χ2v) is 3.70. The van der Waals surface area contributed by atoms with Gasteiger partial charge in [0.2, 0.25) is 0 Å². The van der Waals surface area contributed by atoms with Crippen molar-refractivity contribution in [2.24, 2.45) is 5.92 Å². The van der Waals surface area contributed by atoms with Gasteiger partial charge in [-0.3, -0.25) is 0 Å². The van der Waals surface area contributed by atoms with Gasteiger partial charge in [0, 0.05) is 13.1 Å². The molecular formula is C9H17F3N2. The normalized spacial score (nSPS) is 20.4. The Morgan fingerprint density at radius 3 is 2.29 bits per heavy atom. The van der Waals surface area contributed by atoms with Crippen LogP contribution < -0.4 is 5.32 Å². The van der Waals surface area contributed by atoms with Crippen LogP contribution in [0, 0.1) is 5.92 Å². The maximum atomic E-state index is 12.4. The molecule has 0 amide bonds. The first kappa shape index (κ1) is 11.8. The van der Waals surface area contributed by atoms with Crippen LogP contribution in [0.25, 0.3) is 0 Å². The minimum absolute atomic E-state index is 0.0490. The molecule has 2 nitrogen and oxygen atoms in total. The predicted octanol–water partition coefficient (Wildman–Crippen LogP) is 1.83. The van der Waals surface area contributed by atoms with E-state index in [4.69, 9.17) is 0 Å². The van der Waals surface area contributed by atoms with E-state index in [1.807, 2.05) is 0 Å². The summed E-state index contributed by atoms with van der Waals surface area (Å²) < 4.78 is 37.2. The zero-order valence-corrected chi connectivity index (χ0v) is 8.40. The summed E-state index contributed by atoms with van der Waals surface area (Å²) in [6.07, 6.45) is -2.46. The Bertz CT molecular complexity index is 164. The summed E-state index contributed by atoms with van der Waals surface area (Å²) in [7, 11) is 0. The highest BCUT2D eigenvalue weighted by Crippen LogP contribution is 2.24. The summed E-state index contributed by atoms with van der Waals surface area (Å²) >= 11 is 0. The first-order chi connectivity index (χ1) is 6.54. The van der Waals surface area contributed by atoms with Crippen molar-refractivity contribution in [3.8, 4) is 0 Å². The Morgan fingerprint density at radius 1 is 1.29 bits per heavy atom. The molecule has 0 aromatic carbocycles. The molecule has 14 heavy (non-hydrogen) atoms. The highest BCUT2D eigenvalue weighted by atomic mass is 19.4. The van der Waals surface area contributed by atoms with E-state index in [0.29, 0.717) is 4.90 Å². The number of nitrogens with one attached hydrogen (secondary N) is 1. The summed E-state index contributed by atoms with van der Waals surface area (Å²) in [5, 5.41) is 3.14. The number of rotatable bonds is 3. The monoisotopic (exact) mass is 210 g/mol. The predicted molar refractivity (Wildman–Crippen MR) is 48.9 cm³/mol. The number of piperidine rings is 1. The minimum atomic E-state index is -4.17. The van der Waals surface area contributed by atoms with Crippen LogP contribution in [0.5, 0.6) is 0 Å². The Kier molecular flexibility index (Phi) is 4.19. The lowest BCUT2D eigenvalue weighted by molar-refractivity contribution is -0.247. The van der Waals surface area contributed by atoms with Crippen molar-refractivity contribution in [1.82, 2.24) is 10.2 Å². The molecule has 0 radical (unpaired) electrons. The summed E-state index contributed by atoms with van der Waals surface area (Å²) in [6, 6.07) is 0. The van der Waals surface area contributed by atoms with Gasteiger partial charge < -0.3 is 5.32 Å². The molecule has 0 aromatic heterocycles. The van der Waals surface area contributed by atoms with Crippen molar-refractivity contribution in [3.63, 3.8) is 0 Å². The van der Waals surface area contributed by atoms with E-state index in [-0.39, 0.29) is 19.0 Å². The molecule has 0 unspecified atom stereocenters. The van der Waals surface area contributed by atoms with E-state index in [2.05, 4.69) is 5.32 Å². The Hall–Kier alpha value is -0.290. The highest BCUT2D eigenvalue weighted by molar-refractivity contribution is 4.72. The lowest BCUT2D eigenvalue weighted by Gasteiger charge is -2.30. The van der Waals surface area contributed by atoms with E-state index in [1.165, 1.54) is 0 Å². The number of alkyl halides is 3. The molecule has 1 heterocycles. The molecule has 1 fully saturated rings. The molecule has 0 spiro atoms. The van der Waals surface area contributed by atoms with E-state index >= 15 is 0 Å². The maximum absolute atomic E-state index is 12.4. The van der Waals surface area contributed by atoms with Crippen LogP contribution in [-0.2, 0) is 0 Å². The topological polar surface area (TPSA) is 15.3 Å². The zero-order valence-electron chi connectivity index (χ0n) is 8.40. The quantitative estimate of drug-likeness (QED) is 0.715. The third-order valence-corrected chi connectivity index (χ3v) is 2.68. The molecule has 0 bridgehead atoms. The van der Waals surface area contributed by atoms with Gasteiger partial charge in [-0.25, -0.2) is 4.90 Å². The van der Waals surface area contributed by atoms with Crippen LogP contribution in [0.15, 0.2) is 0 Å². The molecule has 5 heteroatoms. The molecular weight excluding hydrogens is 193 g/mol. The first-order valence-electron chi connectivity index (χ1n) is 5.06. The van der Waals surface area contributed by atoms with Gasteiger partial charge in [-0.2, -0.15) is 13.2 Å². The van der Waals surface area contributed by atoms with Crippen LogP contribution in [0.4, 0.5) is 13.2 Å². The molecule has 0 aromatic rings. The van der Waals surface area contributed by atoms with Gasteiger partial charge in [0.15, 0.2) is 0 Å². The standard InChI is InChI=1S/C9H17F3N2/c1-2-14(9(10,11)12)7-8-3-5-13-6-4-8/h8,13H,2-7H2,1H3. The van der Waals surface area contributed by atoms with Crippen LogP contribution in [0.3, 0.4) is 0 Å². The zero-order chi connectivity index (χ0) is 10.6. The summed E-state index contributed by atoms with van der Waals surface area (Å²) in [4.78, 5) is 0.600. The third-order valence-electron chi connectivity index (χ3n) is 2.68. The highest BCUT2D eigenvalue weighted by Gasteiger charge is 2.37.